The minimum absolute atomic E-state index is 0.0128. The Balaban J connectivity index is 1.31. The Morgan fingerprint density at radius 1 is 0.936 bits per heavy atom. The monoisotopic (exact) mass is 665 g/mol. The summed E-state index contributed by atoms with van der Waals surface area (Å²) in [4.78, 5) is 23.4. The molecule has 246 valence electrons. The predicted molar refractivity (Wildman–Crippen MR) is 168 cm³/mol. The lowest BCUT2D eigenvalue weighted by atomic mass is 10.2. The smallest absolute Gasteiger partial charge is 0.255 e. The number of rotatable bonds is 4. The Bertz CT molecular complexity index is 2000. The summed E-state index contributed by atoms with van der Waals surface area (Å²) in [5, 5.41) is 4.14. The molecular weight excluding hydrogens is 632 g/mol. The number of aryl methyl sites for hydroxylation is 1. The second kappa shape index (κ2) is 13.8. The van der Waals surface area contributed by atoms with Gasteiger partial charge in [0, 0.05) is 56.9 Å². The molecule has 0 fully saturated rings. The van der Waals surface area contributed by atoms with Gasteiger partial charge < -0.3 is 18.9 Å². The van der Waals surface area contributed by atoms with E-state index in [0.717, 1.165) is 22.0 Å². The third-order valence-electron chi connectivity index (χ3n) is 7.97. The first-order valence-electron chi connectivity index (χ1n) is 15.1. The fourth-order valence-corrected chi connectivity index (χ4v) is 7.10. The molecule has 3 aromatic heterocycles. The molecule has 0 saturated carbocycles. The van der Waals surface area contributed by atoms with Crippen LogP contribution in [0.25, 0.3) is 17.0 Å². The molecule has 4 heterocycles. The summed E-state index contributed by atoms with van der Waals surface area (Å²) in [6, 6.07) is 11.1. The summed E-state index contributed by atoms with van der Waals surface area (Å²) in [6.07, 6.45) is 8.00. The highest BCUT2D eigenvalue weighted by Gasteiger charge is 2.28. The van der Waals surface area contributed by atoms with E-state index in [1.807, 2.05) is 16.8 Å². The number of carbonyl (C=O) groups is 1. The van der Waals surface area contributed by atoms with Crippen molar-refractivity contribution in [3.63, 3.8) is 0 Å². The van der Waals surface area contributed by atoms with E-state index in [9.17, 15) is 22.0 Å². The maximum Gasteiger partial charge on any atom is 0.255 e. The summed E-state index contributed by atoms with van der Waals surface area (Å²) in [7, 11) is -2.95. The SMILES string of the molecule is COc1ccc2cc1OCCN(S(=O)(=O)c1cc(F)ccc1F)CCCCN(C(=O)c1ccc3ncnn3c1)CCCn1ccnc1-2. The number of halogens is 2. The summed E-state index contributed by atoms with van der Waals surface area (Å²) in [6.45, 7) is 1.07. The zero-order valence-electron chi connectivity index (χ0n) is 25.6. The summed E-state index contributed by atoms with van der Waals surface area (Å²) in [5.41, 5.74) is 1.79. The zero-order chi connectivity index (χ0) is 33.0. The summed E-state index contributed by atoms with van der Waals surface area (Å²) < 4.78 is 72.2. The molecule has 2 bridgehead atoms. The van der Waals surface area contributed by atoms with Crippen LogP contribution >= 0.6 is 0 Å². The number of pyridine rings is 1. The van der Waals surface area contributed by atoms with Gasteiger partial charge in [0.1, 0.15) is 35.3 Å². The second-order valence-corrected chi connectivity index (χ2v) is 12.9. The molecule has 2 aromatic carbocycles. The Morgan fingerprint density at radius 3 is 2.62 bits per heavy atom. The molecule has 1 amide bonds. The van der Waals surface area contributed by atoms with Gasteiger partial charge >= 0.3 is 0 Å². The predicted octanol–water partition coefficient (Wildman–Crippen LogP) is 4.28. The minimum Gasteiger partial charge on any atom is -0.493 e. The van der Waals surface area contributed by atoms with E-state index in [1.54, 1.807) is 41.6 Å². The Morgan fingerprint density at radius 2 is 1.77 bits per heavy atom. The van der Waals surface area contributed by atoms with E-state index >= 15 is 0 Å². The number of benzene rings is 2. The van der Waals surface area contributed by atoms with Crippen LogP contribution < -0.4 is 9.47 Å². The molecule has 12 nitrogen and oxygen atoms in total. The van der Waals surface area contributed by atoms with Gasteiger partial charge in [0.25, 0.3) is 5.91 Å². The molecule has 6 rings (SSSR count). The lowest BCUT2D eigenvalue weighted by Crippen LogP contribution is -2.37. The van der Waals surface area contributed by atoms with Crippen LogP contribution in [0.5, 0.6) is 11.5 Å². The number of hydrogen-bond acceptors (Lipinski definition) is 8. The number of sulfonamides is 1. The molecule has 5 aromatic rings. The first-order chi connectivity index (χ1) is 22.7. The van der Waals surface area contributed by atoms with Gasteiger partial charge in [0.05, 0.1) is 12.7 Å². The van der Waals surface area contributed by atoms with Crippen molar-refractivity contribution in [1.82, 2.24) is 33.4 Å². The van der Waals surface area contributed by atoms with Crippen LogP contribution in [0, 0.1) is 11.6 Å². The molecule has 15 heteroatoms. The molecule has 1 aliphatic rings. The average molecular weight is 666 g/mol. The van der Waals surface area contributed by atoms with Gasteiger partial charge in [-0.2, -0.15) is 9.40 Å². The third-order valence-corrected chi connectivity index (χ3v) is 9.88. The van der Waals surface area contributed by atoms with Crippen molar-refractivity contribution in [2.75, 3.05) is 39.9 Å². The van der Waals surface area contributed by atoms with Gasteiger partial charge in [0.15, 0.2) is 17.1 Å². The maximum absolute atomic E-state index is 14.7. The minimum atomic E-state index is -4.45. The van der Waals surface area contributed by atoms with Gasteiger partial charge in [-0.3, -0.25) is 4.79 Å². The van der Waals surface area contributed by atoms with E-state index in [2.05, 4.69) is 15.1 Å². The molecule has 0 N–H and O–H groups in total. The Hall–Kier alpha value is -4.89. The van der Waals surface area contributed by atoms with Gasteiger partial charge in [-0.1, -0.05) is 0 Å². The van der Waals surface area contributed by atoms with Crippen LogP contribution in [0.1, 0.15) is 29.6 Å². The number of methoxy groups -OCH3 is 1. The van der Waals surface area contributed by atoms with Crippen LogP contribution in [0.3, 0.4) is 0 Å². The zero-order valence-corrected chi connectivity index (χ0v) is 26.4. The molecule has 0 saturated heterocycles. The molecule has 47 heavy (non-hydrogen) atoms. The normalized spacial score (nSPS) is 15.5. The van der Waals surface area contributed by atoms with Gasteiger partial charge in [0.2, 0.25) is 10.0 Å². The highest BCUT2D eigenvalue weighted by Crippen LogP contribution is 2.32. The third kappa shape index (κ3) is 6.95. The topological polar surface area (TPSA) is 124 Å². The first-order valence-corrected chi connectivity index (χ1v) is 16.5. The van der Waals surface area contributed by atoms with Crippen LogP contribution in [-0.2, 0) is 16.6 Å². The van der Waals surface area contributed by atoms with E-state index in [-0.39, 0.29) is 25.6 Å². The van der Waals surface area contributed by atoms with Crippen LogP contribution in [-0.4, -0.2) is 87.6 Å². The second-order valence-electron chi connectivity index (χ2n) is 11.0. The van der Waals surface area contributed by atoms with Gasteiger partial charge in [-0.15, -0.1) is 0 Å². The number of ether oxygens (including phenoxy) is 2. The fraction of sp³-hybridized carbons (Fsp3) is 0.312. The fourth-order valence-electron chi connectivity index (χ4n) is 5.57. The lowest BCUT2D eigenvalue weighted by molar-refractivity contribution is 0.0747. The van der Waals surface area contributed by atoms with Crippen LogP contribution in [0.2, 0.25) is 0 Å². The number of carbonyl (C=O) groups excluding carboxylic acids is 1. The van der Waals surface area contributed by atoms with E-state index in [0.29, 0.717) is 73.5 Å². The summed E-state index contributed by atoms with van der Waals surface area (Å²) in [5.74, 6) is -0.632. The van der Waals surface area contributed by atoms with Crippen molar-refractivity contribution in [1.29, 1.82) is 0 Å². The number of fused-ring (bicyclic) bond motifs is 5. The molecule has 0 atom stereocenters. The van der Waals surface area contributed by atoms with Crippen molar-refractivity contribution in [2.24, 2.45) is 0 Å². The Kier molecular flexibility index (Phi) is 9.45. The molecular formula is C32H33F2N7O5S. The van der Waals surface area contributed by atoms with E-state index < -0.39 is 26.6 Å². The number of nitrogens with zero attached hydrogens (tertiary/aromatic N) is 7. The van der Waals surface area contributed by atoms with E-state index in [4.69, 9.17) is 9.47 Å². The molecule has 0 aliphatic carbocycles. The highest BCUT2D eigenvalue weighted by molar-refractivity contribution is 7.89. The average Bonchev–Trinajstić information content (AvgIpc) is 3.74. The van der Waals surface area contributed by atoms with E-state index in [1.165, 1.54) is 18.0 Å². The van der Waals surface area contributed by atoms with Crippen molar-refractivity contribution in [2.45, 2.75) is 30.7 Å². The maximum atomic E-state index is 14.7. The largest absolute Gasteiger partial charge is 0.493 e. The van der Waals surface area contributed by atoms with Crippen molar-refractivity contribution >= 4 is 21.6 Å². The first kappa shape index (κ1) is 32.1. The van der Waals surface area contributed by atoms with Crippen molar-refractivity contribution in [3.05, 3.63) is 90.6 Å². The van der Waals surface area contributed by atoms with Crippen LogP contribution in [0.15, 0.2) is 78.3 Å². The van der Waals surface area contributed by atoms with Gasteiger partial charge in [-0.05, 0) is 67.8 Å². The number of hydrogen-bond donors (Lipinski definition) is 0. The number of amides is 1. The van der Waals surface area contributed by atoms with Crippen molar-refractivity contribution in [3.8, 4) is 22.9 Å². The molecule has 1 aliphatic heterocycles. The number of imidazole rings is 1. The van der Waals surface area contributed by atoms with Gasteiger partial charge in [-0.25, -0.2) is 31.7 Å². The Labute approximate surface area is 270 Å². The summed E-state index contributed by atoms with van der Waals surface area (Å²) >= 11 is 0. The molecule has 0 unspecified atom stereocenters. The molecule has 0 spiro atoms. The lowest BCUT2D eigenvalue weighted by Gasteiger charge is -2.25. The molecule has 0 radical (unpaired) electrons. The standard InChI is InChI=1S/C32H33F2N7O5S/c1-45-27-9-5-23-19-28(27)46-18-17-40(47(43,44)29-20-25(33)7-8-26(29)34)15-3-2-12-39(14-4-13-38-16-11-35-31(23)38)32(42)24-6-10-30-36-22-37-41(30)21-24/h5-11,16,19-22H,2-4,12-15,17-18H2,1H3. The quantitative estimate of drug-likeness (QED) is 0.279. The van der Waals surface area contributed by atoms with Crippen molar-refractivity contribution < 1.29 is 31.5 Å². The van der Waals surface area contributed by atoms with Crippen LogP contribution in [0.4, 0.5) is 8.78 Å². The number of aromatic nitrogens is 5. The highest BCUT2D eigenvalue weighted by atomic mass is 32.2.